The van der Waals surface area contributed by atoms with Crippen molar-refractivity contribution in [1.29, 1.82) is 0 Å². The molecule has 0 fully saturated rings. The van der Waals surface area contributed by atoms with E-state index in [4.69, 9.17) is 4.74 Å². The molecule has 1 aromatic rings. The molecule has 0 spiro atoms. The second-order valence-corrected chi connectivity index (χ2v) is 4.97. The molecule has 0 saturated heterocycles. The van der Waals surface area contributed by atoms with Crippen LogP contribution < -0.4 is 0 Å². The van der Waals surface area contributed by atoms with Crippen molar-refractivity contribution in [2.24, 2.45) is 0 Å². The molecule has 1 atom stereocenters. The molecule has 0 aliphatic rings. The molecule has 2 heteroatoms. The smallest absolute Gasteiger partial charge is 0.114 e. The second kappa shape index (κ2) is 4.33. The molecule has 0 heterocycles. The molecular weight excluding hydrogens is 188 g/mol. The fraction of sp³-hybridized carbons (Fsp3) is 0.538. The lowest BCUT2D eigenvalue weighted by atomic mass is 9.95. The van der Waals surface area contributed by atoms with Crippen LogP contribution in [0.2, 0.25) is 0 Å². The van der Waals surface area contributed by atoms with Crippen molar-refractivity contribution in [1.82, 2.24) is 0 Å². The molecule has 84 valence electrons. The molecule has 2 nitrogen and oxygen atoms in total. The van der Waals surface area contributed by atoms with Gasteiger partial charge in [0.25, 0.3) is 0 Å². The van der Waals surface area contributed by atoms with Crippen molar-refractivity contribution in [3.8, 4) is 0 Å². The number of rotatable bonds is 3. The number of hydrogen-bond donors (Lipinski definition) is 1. The summed E-state index contributed by atoms with van der Waals surface area (Å²) >= 11 is 0. The van der Waals surface area contributed by atoms with E-state index in [0.717, 1.165) is 5.56 Å². The average molecular weight is 208 g/mol. The molecule has 0 unspecified atom stereocenters. The van der Waals surface area contributed by atoms with Crippen LogP contribution in [0, 0.1) is 0 Å². The van der Waals surface area contributed by atoms with Gasteiger partial charge in [0.1, 0.15) is 5.60 Å². The first kappa shape index (κ1) is 12.2. The van der Waals surface area contributed by atoms with E-state index in [9.17, 15) is 5.11 Å². The van der Waals surface area contributed by atoms with Gasteiger partial charge in [-0.05, 0) is 33.3 Å². The third-order valence-electron chi connectivity index (χ3n) is 2.22. The van der Waals surface area contributed by atoms with Gasteiger partial charge in [-0.15, -0.1) is 0 Å². The highest BCUT2D eigenvalue weighted by Gasteiger charge is 2.31. The predicted octanol–water partition coefficient (Wildman–Crippen LogP) is 2.71. The van der Waals surface area contributed by atoms with E-state index in [2.05, 4.69) is 0 Å². The third kappa shape index (κ3) is 3.33. The first-order chi connectivity index (χ1) is 6.87. The van der Waals surface area contributed by atoms with Crippen molar-refractivity contribution in [3.05, 3.63) is 35.9 Å². The summed E-state index contributed by atoms with van der Waals surface area (Å²) in [4.78, 5) is 0. The molecule has 0 radical (unpaired) electrons. The molecule has 15 heavy (non-hydrogen) atoms. The van der Waals surface area contributed by atoms with Crippen LogP contribution in [0.1, 0.15) is 33.3 Å². The minimum atomic E-state index is -0.625. The molecule has 0 bridgehead atoms. The van der Waals surface area contributed by atoms with Gasteiger partial charge in [-0.3, -0.25) is 0 Å². The van der Waals surface area contributed by atoms with Crippen LogP contribution in [0.4, 0.5) is 0 Å². The van der Waals surface area contributed by atoms with Crippen molar-refractivity contribution < 1.29 is 9.84 Å². The van der Waals surface area contributed by atoms with Gasteiger partial charge < -0.3 is 9.84 Å². The molecular formula is C13H20O2. The highest BCUT2D eigenvalue weighted by molar-refractivity contribution is 5.22. The van der Waals surface area contributed by atoms with E-state index in [1.807, 2.05) is 58.0 Å². The molecule has 0 saturated carbocycles. The summed E-state index contributed by atoms with van der Waals surface area (Å²) in [6, 6.07) is 9.81. The highest BCUT2D eigenvalue weighted by atomic mass is 16.5. The number of hydrogen-bond acceptors (Lipinski definition) is 2. The molecule has 0 aliphatic heterocycles. The molecule has 1 N–H and O–H groups in total. The summed E-state index contributed by atoms with van der Waals surface area (Å²) in [6.07, 6.45) is 0. The van der Waals surface area contributed by atoms with E-state index < -0.39 is 5.60 Å². The Balaban J connectivity index is 2.96. The minimum Gasteiger partial charge on any atom is -0.393 e. The lowest BCUT2D eigenvalue weighted by molar-refractivity contribution is -0.148. The summed E-state index contributed by atoms with van der Waals surface area (Å²) < 4.78 is 5.91. The van der Waals surface area contributed by atoms with E-state index in [-0.39, 0.29) is 12.2 Å². The number of aliphatic hydroxyl groups excluding tert-OH is 1. The number of benzene rings is 1. The van der Waals surface area contributed by atoms with Crippen LogP contribution in [0.25, 0.3) is 0 Å². The Morgan fingerprint density at radius 2 is 1.60 bits per heavy atom. The summed E-state index contributed by atoms with van der Waals surface area (Å²) in [7, 11) is 0. The molecule has 0 aliphatic carbocycles. The summed E-state index contributed by atoms with van der Waals surface area (Å²) in [5.74, 6) is 0. The first-order valence-electron chi connectivity index (χ1n) is 5.24. The third-order valence-corrected chi connectivity index (χ3v) is 2.22. The van der Waals surface area contributed by atoms with Gasteiger partial charge >= 0.3 is 0 Å². The van der Waals surface area contributed by atoms with E-state index in [1.54, 1.807) is 0 Å². The lowest BCUT2D eigenvalue weighted by Crippen LogP contribution is -2.38. The second-order valence-electron chi connectivity index (χ2n) is 4.97. The Hall–Kier alpha value is -0.860. The average Bonchev–Trinajstić information content (AvgIpc) is 2.16. The fourth-order valence-corrected chi connectivity index (χ4v) is 1.65. The lowest BCUT2D eigenvalue weighted by Gasteiger charge is -2.35. The van der Waals surface area contributed by atoms with Gasteiger partial charge in [-0.25, -0.2) is 0 Å². The van der Waals surface area contributed by atoms with Gasteiger partial charge in [0.05, 0.1) is 12.2 Å². The van der Waals surface area contributed by atoms with E-state index >= 15 is 0 Å². The minimum absolute atomic E-state index is 0.0196. The van der Waals surface area contributed by atoms with Crippen LogP contribution in [0.3, 0.4) is 0 Å². The Labute approximate surface area is 91.9 Å². The molecule has 0 aromatic heterocycles. The largest absolute Gasteiger partial charge is 0.393 e. The quantitative estimate of drug-likeness (QED) is 0.827. The maximum absolute atomic E-state index is 9.48. The summed E-state index contributed by atoms with van der Waals surface area (Å²) in [6.45, 7) is 7.86. The van der Waals surface area contributed by atoms with E-state index in [1.165, 1.54) is 0 Å². The van der Waals surface area contributed by atoms with Gasteiger partial charge in [0.15, 0.2) is 0 Å². The highest BCUT2D eigenvalue weighted by Crippen LogP contribution is 2.29. The van der Waals surface area contributed by atoms with Crippen molar-refractivity contribution in [3.63, 3.8) is 0 Å². The van der Waals surface area contributed by atoms with Gasteiger partial charge in [-0.2, -0.15) is 0 Å². The Morgan fingerprint density at radius 1 is 1.07 bits per heavy atom. The maximum atomic E-state index is 9.48. The number of aliphatic hydroxyl groups is 1. The normalized spacial score (nSPS) is 16.1. The maximum Gasteiger partial charge on any atom is 0.114 e. The molecule has 1 aromatic carbocycles. The first-order valence-corrected chi connectivity index (χ1v) is 5.24. The standard InChI is InChI=1S/C13H20O2/c1-12(2,3)15-13(4,10-14)11-8-6-5-7-9-11/h5-9,14H,10H2,1-4H3/t13-/m1/s1. The van der Waals surface area contributed by atoms with Crippen molar-refractivity contribution in [2.75, 3.05) is 6.61 Å². The zero-order valence-electron chi connectivity index (χ0n) is 9.95. The van der Waals surface area contributed by atoms with Crippen LogP contribution in [0.5, 0.6) is 0 Å². The Morgan fingerprint density at radius 3 is 2.00 bits per heavy atom. The predicted molar refractivity (Wildman–Crippen MR) is 61.7 cm³/mol. The molecule has 1 rings (SSSR count). The van der Waals surface area contributed by atoms with Gasteiger partial charge in [0.2, 0.25) is 0 Å². The zero-order chi connectivity index (χ0) is 11.5. The van der Waals surface area contributed by atoms with E-state index in [0.29, 0.717) is 0 Å². The van der Waals surface area contributed by atoms with Crippen LogP contribution in [-0.4, -0.2) is 17.3 Å². The topological polar surface area (TPSA) is 29.5 Å². The van der Waals surface area contributed by atoms with Crippen LogP contribution >= 0.6 is 0 Å². The number of ether oxygens (including phenoxy) is 1. The SMILES string of the molecule is CC(C)(C)O[C@](C)(CO)c1ccccc1. The van der Waals surface area contributed by atoms with Gasteiger partial charge in [-0.1, -0.05) is 30.3 Å². The van der Waals surface area contributed by atoms with Crippen LogP contribution in [0.15, 0.2) is 30.3 Å². The van der Waals surface area contributed by atoms with Gasteiger partial charge in [0, 0.05) is 0 Å². The van der Waals surface area contributed by atoms with Crippen LogP contribution in [-0.2, 0) is 10.3 Å². The Bertz CT molecular complexity index is 300. The summed E-state index contributed by atoms with van der Waals surface area (Å²) in [5, 5.41) is 9.48. The van der Waals surface area contributed by atoms with Crippen molar-refractivity contribution >= 4 is 0 Å². The summed E-state index contributed by atoms with van der Waals surface area (Å²) in [5.41, 5.74) is 0.106. The Kier molecular flexibility index (Phi) is 3.53. The van der Waals surface area contributed by atoms with Crippen molar-refractivity contribution in [2.45, 2.75) is 38.9 Å². The zero-order valence-corrected chi connectivity index (χ0v) is 9.95. The molecule has 0 amide bonds. The fourth-order valence-electron chi connectivity index (χ4n) is 1.65. The monoisotopic (exact) mass is 208 g/mol.